The predicted octanol–water partition coefficient (Wildman–Crippen LogP) is 4.80. The molecule has 32 heavy (non-hydrogen) atoms. The lowest BCUT2D eigenvalue weighted by Crippen LogP contribution is -2.34. The quantitative estimate of drug-likeness (QED) is 0.449. The van der Waals surface area contributed by atoms with Crippen LogP contribution in [0.4, 0.5) is 5.82 Å². The van der Waals surface area contributed by atoms with E-state index in [1.807, 2.05) is 36.0 Å². The topological polar surface area (TPSA) is 72.6 Å². The molecule has 4 aromatic rings. The molecule has 1 aliphatic heterocycles. The molecule has 0 radical (unpaired) electrons. The van der Waals surface area contributed by atoms with Crippen LogP contribution in [0, 0.1) is 0 Å². The van der Waals surface area contributed by atoms with Gasteiger partial charge in [-0.1, -0.05) is 0 Å². The third-order valence-corrected chi connectivity index (χ3v) is 7.97. The van der Waals surface area contributed by atoms with Crippen molar-refractivity contribution >= 4 is 27.4 Å². The molecule has 0 spiro atoms. The maximum atomic E-state index is 5.13. The Morgan fingerprint density at radius 2 is 2.00 bits per heavy atom. The third-order valence-electron chi connectivity index (χ3n) is 6.78. The first-order chi connectivity index (χ1) is 15.7. The van der Waals surface area contributed by atoms with E-state index in [1.165, 1.54) is 28.7 Å². The van der Waals surface area contributed by atoms with Gasteiger partial charge in [-0.25, -0.2) is 9.97 Å². The molecule has 1 aliphatic carbocycles. The zero-order valence-corrected chi connectivity index (χ0v) is 19.3. The van der Waals surface area contributed by atoms with Gasteiger partial charge in [0.25, 0.3) is 0 Å². The molecule has 7 nitrogen and oxygen atoms in total. The average molecular weight is 446 g/mol. The van der Waals surface area contributed by atoms with Gasteiger partial charge in [0.2, 0.25) is 0 Å². The highest BCUT2D eigenvalue weighted by Crippen LogP contribution is 2.42. The Labute approximate surface area is 191 Å². The zero-order chi connectivity index (χ0) is 21.7. The minimum Gasteiger partial charge on any atom is -0.356 e. The van der Waals surface area contributed by atoms with Gasteiger partial charge in [0.05, 0.1) is 5.39 Å². The lowest BCUT2D eigenvalue weighted by Gasteiger charge is -2.33. The molecule has 4 aromatic heterocycles. The maximum absolute atomic E-state index is 5.13. The second kappa shape index (κ2) is 7.92. The zero-order valence-electron chi connectivity index (χ0n) is 18.5. The molecular weight excluding hydrogens is 418 g/mol. The van der Waals surface area contributed by atoms with Crippen LogP contribution in [-0.4, -0.2) is 42.8 Å². The Morgan fingerprint density at radius 3 is 2.78 bits per heavy atom. The van der Waals surface area contributed by atoms with Crippen LogP contribution in [0.15, 0.2) is 30.9 Å². The molecule has 0 atom stereocenters. The van der Waals surface area contributed by atoms with Crippen LogP contribution in [-0.2, 0) is 12.8 Å². The van der Waals surface area contributed by atoms with Crippen LogP contribution in [0.1, 0.15) is 61.3 Å². The van der Waals surface area contributed by atoms with E-state index in [0.29, 0.717) is 12.0 Å². The molecule has 0 bridgehead atoms. The Morgan fingerprint density at radius 1 is 1.12 bits per heavy atom. The highest BCUT2D eigenvalue weighted by atomic mass is 32.1. The number of aromatic nitrogens is 6. The van der Waals surface area contributed by atoms with Crippen LogP contribution < -0.4 is 4.90 Å². The normalized spacial score (nSPS) is 16.9. The number of piperidine rings is 1. The van der Waals surface area contributed by atoms with Gasteiger partial charge in [0.1, 0.15) is 22.8 Å². The minimum atomic E-state index is 0.384. The lowest BCUT2D eigenvalue weighted by molar-refractivity contribution is 0.448. The molecule has 5 heterocycles. The van der Waals surface area contributed by atoms with Crippen molar-refractivity contribution < 1.29 is 0 Å². The number of fused-ring (bicyclic) bond motifs is 3. The van der Waals surface area contributed by atoms with Crippen molar-refractivity contribution in [2.24, 2.45) is 0 Å². The van der Waals surface area contributed by atoms with Gasteiger partial charge in [0.15, 0.2) is 5.82 Å². The lowest BCUT2D eigenvalue weighted by atomic mass is 9.95. The molecule has 164 valence electrons. The van der Waals surface area contributed by atoms with Gasteiger partial charge in [-0.2, -0.15) is 0 Å². The largest absolute Gasteiger partial charge is 0.356 e. The number of aryl methyl sites for hydroxylation is 2. The third kappa shape index (κ3) is 3.28. The standard InChI is InChI=1S/C24H27N7S/c1-15(2)31-14-26-29-22(31)16-8-11-30(12-9-16)23-20-18-6-3-7-19(18)32-24(20)28-21(27-23)17-5-4-10-25-13-17/h4-5,10,13-16H,3,6-9,11-12H2,1-2H3. The van der Waals surface area contributed by atoms with Gasteiger partial charge >= 0.3 is 0 Å². The van der Waals surface area contributed by atoms with Crippen molar-refractivity contribution in [2.45, 2.75) is 57.9 Å². The molecule has 0 aromatic carbocycles. The van der Waals surface area contributed by atoms with Crippen molar-refractivity contribution in [1.82, 2.24) is 29.7 Å². The summed E-state index contributed by atoms with van der Waals surface area (Å²) in [7, 11) is 0. The highest BCUT2D eigenvalue weighted by Gasteiger charge is 2.29. The van der Waals surface area contributed by atoms with Crippen LogP contribution in [0.3, 0.4) is 0 Å². The summed E-state index contributed by atoms with van der Waals surface area (Å²) in [5.41, 5.74) is 2.46. The van der Waals surface area contributed by atoms with Crippen molar-refractivity contribution in [1.29, 1.82) is 0 Å². The van der Waals surface area contributed by atoms with Crippen LogP contribution >= 0.6 is 11.3 Å². The second-order valence-corrected chi connectivity index (χ2v) is 10.2. The molecule has 2 aliphatic rings. The summed E-state index contributed by atoms with van der Waals surface area (Å²) in [6.45, 7) is 6.32. The number of rotatable bonds is 4. The first-order valence-corrected chi connectivity index (χ1v) is 12.4. The Bertz CT molecular complexity index is 1250. The molecule has 0 amide bonds. The molecule has 0 saturated carbocycles. The van der Waals surface area contributed by atoms with Crippen LogP contribution in [0.5, 0.6) is 0 Å². The summed E-state index contributed by atoms with van der Waals surface area (Å²) in [6, 6.07) is 4.38. The number of anilines is 1. The molecule has 1 saturated heterocycles. The van der Waals surface area contributed by atoms with E-state index >= 15 is 0 Å². The fraction of sp³-hybridized carbons (Fsp3) is 0.458. The summed E-state index contributed by atoms with van der Waals surface area (Å²) < 4.78 is 2.22. The molecule has 1 fully saturated rings. The summed E-state index contributed by atoms with van der Waals surface area (Å²) >= 11 is 1.86. The number of hydrogen-bond acceptors (Lipinski definition) is 7. The van der Waals surface area contributed by atoms with Crippen LogP contribution in [0.25, 0.3) is 21.6 Å². The predicted molar refractivity (Wildman–Crippen MR) is 127 cm³/mol. The summed E-state index contributed by atoms with van der Waals surface area (Å²) in [6.07, 6.45) is 11.2. The van der Waals surface area contributed by atoms with Gasteiger partial charge in [0, 0.05) is 47.9 Å². The van der Waals surface area contributed by atoms with Crippen molar-refractivity contribution in [2.75, 3.05) is 18.0 Å². The van der Waals surface area contributed by atoms with E-state index < -0.39 is 0 Å². The summed E-state index contributed by atoms with van der Waals surface area (Å²) in [5.74, 6) is 3.46. The number of thiophene rings is 1. The second-order valence-electron chi connectivity index (χ2n) is 9.10. The molecule has 0 unspecified atom stereocenters. The van der Waals surface area contributed by atoms with Crippen molar-refractivity contribution in [3.05, 3.63) is 47.1 Å². The number of pyridine rings is 1. The fourth-order valence-electron chi connectivity index (χ4n) is 5.12. The summed E-state index contributed by atoms with van der Waals surface area (Å²) in [5, 5.41) is 9.94. The first-order valence-electron chi connectivity index (χ1n) is 11.6. The molecular formula is C24H27N7S. The first kappa shape index (κ1) is 19.8. The maximum Gasteiger partial charge on any atom is 0.164 e. The van der Waals surface area contributed by atoms with Gasteiger partial charge in [-0.3, -0.25) is 4.98 Å². The fourth-order valence-corrected chi connectivity index (χ4v) is 6.38. The molecule has 0 N–H and O–H groups in total. The van der Waals surface area contributed by atoms with E-state index in [0.717, 1.165) is 60.2 Å². The molecule has 8 heteroatoms. The van der Waals surface area contributed by atoms with Crippen LogP contribution in [0.2, 0.25) is 0 Å². The highest BCUT2D eigenvalue weighted by molar-refractivity contribution is 7.19. The minimum absolute atomic E-state index is 0.384. The van der Waals surface area contributed by atoms with Crippen molar-refractivity contribution in [3.63, 3.8) is 0 Å². The van der Waals surface area contributed by atoms with E-state index in [-0.39, 0.29) is 0 Å². The monoisotopic (exact) mass is 445 g/mol. The van der Waals surface area contributed by atoms with E-state index in [2.05, 4.69) is 38.5 Å². The van der Waals surface area contributed by atoms with Crippen molar-refractivity contribution in [3.8, 4) is 11.4 Å². The average Bonchev–Trinajstić information content (AvgIpc) is 3.55. The number of nitrogens with zero attached hydrogens (tertiary/aromatic N) is 7. The van der Waals surface area contributed by atoms with Gasteiger partial charge < -0.3 is 9.47 Å². The van der Waals surface area contributed by atoms with Gasteiger partial charge in [-0.05, 0) is 63.6 Å². The SMILES string of the molecule is CC(C)n1cnnc1C1CCN(c2nc(-c3cccnc3)nc3sc4c(c23)CCC4)CC1. The van der Waals surface area contributed by atoms with E-state index in [9.17, 15) is 0 Å². The molecule has 6 rings (SSSR count). The van der Waals surface area contributed by atoms with E-state index in [1.54, 1.807) is 6.20 Å². The smallest absolute Gasteiger partial charge is 0.164 e. The Kier molecular flexibility index (Phi) is 4.90. The Hall–Kier alpha value is -2.87. The number of hydrogen-bond donors (Lipinski definition) is 0. The Balaban J connectivity index is 1.36. The van der Waals surface area contributed by atoms with Gasteiger partial charge in [-0.15, -0.1) is 21.5 Å². The van der Waals surface area contributed by atoms with E-state index in [4.69, 9.17) is 9.97 Å². The summed E-state index contributed by atoms with van der Waals surface area (Å²) in [4.78, 5) is 19.5.